The number of rotatable bonds is 4. The molecule has 0 bridgehead atoms. The average molecular weight is 238 g/mol. The van der Waals surface area contributed by atoms with Crippen LogP contribution in [0.3, 0.4) is 0 Å². The van der Waals surface area contributed by atoms with Crippen molar-refractivity contribution < 1.29 is 14.7 Å². The molecule has 0 aromatic rings. The van der Waals surface area contributed by atoms with Gasteiger partial charge in [0.25, 0.3) is 0 Å². The number of carbonyl (C=O) groups excluding carboxylic acids is 1. The lowest BCUT2D eigenvalue weighted by atomic mass is 9.93. The Bertz CT molecular complexity index is 348. The number of hydrogen-bond donors (Lipinski definition) is 3. The highest BCUT2D eigenvalue weighted by Crippen LogP contribution is 2.32. The minimum absolute atomic E-state index is 0.0140. The third kappa shape index (κ3) is 4.35. The molecule has 0 atom stereocenters. The predicted molar refractivity (Wildman–Crippen MR) is 63.4 cm³/mol. The summed E-state index contributed by atoms with van der Waals surface area (Å²) < 4.78 is 0. The summed E-state index contributed by atoms with van der Waals surface area (Å²) in [5.41, 5.74) is -0.574. The summed E-state index contributed by atoms with van der Waals surface area (Å²) in [6.45, 7) is 1.98. The van der Waals surface area contributed by atoms with E-state index in [0.717, 1.165) is 25.7 Å². The molecule has 0 aromatic heterocycles. The monoisotopic (exact) mass is 238 g/mol. The van der Waals surface area contributed by atoms with E-state index >= 15 is 0 Å². The molecule has 0 radical (unpaired) electrons. The molecule has 5 nitrogen and oxygen atoms in total. The van der Waals surface area contributed by atoms with Gasteiger partial charge < -0.3 is 15.7 Å². The van der Waals surface area contributed by atoms with Gasteiger partial charge in [0, 0.05) is 0 Å². The third-order valence-corrected chi connectivity index (χ3v) is 2.94. The van der Waals surface area contributed by atoms with Crippen LogP contribution in [-0.2, 0) is 4.79 Å². The number of carboxylic acids is 1. The molecule has 5 heteroatoms. The van der Waals surface area contributed by atoms with Crippen molar-refractivity contribution in [3.63, 3.8) is 0 Å². The average Bonchev–Trinajstić information content (AvgIpc) is 2.65. The lowest BCUT2D eigenvalue weighted by Crippen LogP contribution is -2.51. The largest absolute Gasteiger partial charge is 0.481 e. The van der Waals surface area contributed by atoms with E-state index in [4.69, 9.17) is 5.11 Å². The Labute approximate surface area is 101 Å². The maximum Gasteiger partial charge on any atom is 0.315 e. The second-order valence-corrected chi connectivity index (χ2v) is 4.29. The fourth-order valence-corrected chi connectivity index (χ4v) is 2.19. The van der Waals surface area contributed by atoms with Crippen LogP contribution in [0.15, 0.2) is 0 Å². The molecule has 0 aliphatic heterocycles. The summed E-state index contributed by atoms with van der Waals surface area (Å²) in [6.07, 6.45) is 3.36. The summed E-state index contributed by atoms with van der Waals surface area (Å²) in [6, 6.07) is -0.337. The Balaban J connectivity index is 2.50. The Morgan fingerprint density at radius 1 is 1.35 bits per heavy atom. The summed E-state index contributed by atoms with van der Waals surface area (Å²) in [5.74, 6) is 4.52. The van der Waals surface area contributed by atoms with Crippen molar-refractivity contribution in [2.45, 2.75) is 44.6 Å². The molecule has 0 spiro atoms. The van der Waals surface area contributed by atoms with Gasteiger partial charge >= 0.3 is 12.0 Å². The van der Waals surface area contributed by atoms with Crippen LogP contribution in [0.1, 0.15) is 39.0 Å². The van der Waals surface area contributed by atoms with Crippen LogP contribution in [0.2, 0.25) is 0 Å². The quantitative estimate of drug-likeness (QED) is 0.642. The van der Waals surface area contributed by atoms with E-state index in [0.29, 0.717) is 0 Å². The minimum Gasteiger partial charge on any atom is -0.481 e. The van der Waals surface area contributed by atoms with E-state index in [1.54, 1.807) is 6.92 Å². The molecular formula is C12H18N2O3. The number of urea groups is 1. The molecule has 0 aromatic carbocycles. The van der Waals surface area contributed by atoms with Crippen molar-refractivity contribution >= 4 is 12.0 Å². The van der Waals surface area contributed by atoms with Crippen molar-refractivity contribution in [3.05, 3.63) is 0 Å². The highest BCUT2D eigenvalue weighted by molar-refractivity contribution is 5.77. The van der Waals surface area contributed by atoms with Crippen molar-refractivity contribution in [3.8, 4) is 11.8 Å². The van der Waals surface area contributed by atoms with E-state index in [1.165, 1.54) is 0 Å². The van der Waals surface area contributed by atoms with Gasteiger partial charge in [-0.25, -0.2) is 4.79 Å². The molecule has 1 aliphatic carbocycles. The van der Waals surface area contributed by atoms with E-state index < -0.39 is 11.5 Å². The van der Waals surface area contributed by atoms with E-state index in [2.05, 4.69) is 22.5 Å². The minimum atomic E-state index is -0.874. The number of nitrogens with one attached hydrogen (secondary N) is 2. The number of carboxylic acid groups (broad SMARTS) is 1. The summed E-state index contributed by atoms with van der Waals surface area (Å²) in [4.78, 5) is 22.4. The van der Waals surface area contributed by atoms with Crippen molar-refractivity contribution in [2.75, 3.05) is 6.54 Å². The Hall–Kier alpha value is -1.70. The van der Waals surface area contributed by atoms with Gasteiger partial charge in [-0.3, -0.25) is 4.79 Å². The first kappa shape index (κ1) is 13.4. The highest BCUT2D eigenvalue weighted by atomic mass is 16.4. The number of amides is 2. The molecule has 0 saturated heterocycles. The lowest BCUT2D eigenvalue weighted by molar-refractivity contribution is -0.138. The van der Waals surface area contributed by atoms with Crippen LogP contribution >= 0.6 is 0 Å². The molecule has 0 heterocycles. The molecule has 1 aliphatic rings. The van der Waals surface area contributed by atoms with Gasteiger partial charge in [-0.05, 0) is 19.8 Å². The maximum atomic E-state index is 11.6. The first-order chi connectivity index (χ1) is 8.08. The molecule has 1 rings (SSSR count). The van der Waals surface area contributed by atoms with Crippen molar-refractivity contribution in [2.24, 2.45) is 0 Å². The maximum absolute atomic E-state index is 11.6. The van der Waals surface area contributed by atoms with Gasteiger partial charge in [0.2, 0.25) is 0 Å². The first-order valence-electron chi connectivity index (χ1n) is 5.75. The topological polar surface area (TPSA) is 78.4 Å². The molecule has 0 unspecified atom stereocenters. The van der Waals surface area contributed by atoms with Crippen LogP contribution in [0, 0.1) is 11.8 Å². The van der Waals surface area contributed by atoms with Crippen LogP contribution in [-0.4, -0.2) is 29.2 Å². The second kappa shape index (κ2) is 6.14. The summed E-state index contributed by atoms with van der Waals surface area (Å²) >= 11 is 0. The summed E-state index contributed by atoms with van der Waals surface area (Å²) in [5, 5.41) is 14.2. The molecular weight excluding hydrogens is 220 g/mol. The van der Waals surface area contributed by atoms with Gasteiger partial charge in [-0.1, -0.05) is 18.8 Å². The lowest BCUT2D eigenvalue weighted by Gasteiger charge is -2.28. The zero-order chi connectivity index (χ0) is 12.7. The van der Waals surface area contributed by atoms with Gasteiger partial charge in [0.1, 0.15) is 0 Å². The Morgan fingerprint density at radius 2 is 2.00 bits per heavy atom. The third-order valence-electron chi connectivity index (χ3n) is 2.94. The highest BCUT2D eigenvalue weighted by Gasteiger charge is 2.37. The molecule has 2 amide bonds. The smallest absolute Gasteiger partial charge is 0.315 e. The molecule has 17 heavy (non-hydrogen) atoms. The van der Waals surface area contributed by atoms with E-state index in [9.17, 15) is 9.59 Å². The predicted octanol–water partition coefficient (Wildman–Crippen LogP) is 1.10. The van der Waals surface area contributed by atoms with Gasteiger partial charge in [0.05, 0.1) is 18.5 Å². The van der Waals surface area contributed by atoms with Crippen LogP contribution in [0.4, 0.5) is 4.79 Å². The van der Waals surface area contributed by atoms with E-state index in [1.807, 2.05) is 0 Å². The van der Waals surface area contributed by atoms with Crippen LogP contribution in [0.5, 0.6) is 0 Å². The normalized spacial score (nSPS) is 16.8. The van der Waals surface area contributed by atoms with Gasteiger partial charge in [-0.2, -0.15) is 0 Å². The Morgan fingerprint density at radius 3 is 2.53 bits per heavy atom. The first-order valence-corrected chi connectivity index (χ1v) is 5.75. The van der Waals surface area contributed by atoms with E-state index in [-0.39, 0.29) is 19.0 Å². The van der Waals surface area contributed by atoms with Gasteiger partial charge in [-0.15, -0.1) is 5.92 Å². The van der Waals surface area contributed by atoms with Crippen molar-refractivity contribution in [1.29, 1.82) is 0 Å². The van der Waals surface area contributed by atoms with Crippen molar-refractivity contribution in [1.82, 2.24) is 10.6 Å². The summed E-state index contributed by atoms with van der Waals surface area (Å²) in [7, 11) is 0. The van der Waals surface area contributed by atoms with Crippen LogP contribution in [0.25, 0.3) is 0 Å². The zero-order valence-corrected chi connectivity index (χ0v) is 10.0. The molecule has 1 saturated carbocycles. The number of aliphatic carboxylic acids is 1. The van der Waals surface area contributed by atoms with Gasteiger partial charge in [0.15, 0.2) is 0 Å². The van der Waals surface area contributed by atoms with Crippen LogP contribution < -0.4 is 10.6 Å². The molecule has 3 N–H and O–H groups in total. The molecule has 94 valence electrons. The standard InChI is InChI=1S/C12H18N2O3/c1-2-3-8-13-11(17)14-12(9-10(15)16)6-4-5-7-12/h4-9H2,1H3,(H,15,16)(H2,13,14,17). The fourth-order valence-electron chi connectivity index (χ4n) is 2.19. The molecule has 1 fully saturated rings. The number of carbonyl (C=O) groups is 2. The SMILES string of the molecule is CC#CCNC(=O)NC1(CC(=O)O)CCCC1. The second-order valence-electron chi connectivity index (χ2n) is 4.29. The Kier molecular flexibility index (Phi) is 4.83. The fraction of sp³-hybridized carbons (Fsp3) is 0.667. The zero-order valence-electron chi connectivity index (χ0n) is 10.0. The number of hydrogen-bond acceptors (Lipinski definition) is 2.